The van der Waals surface area contributed by atoms with E-state index < -0.39 is 17.2 Å². The fourth-order valence-corrected chi connectivity index (χ4v) is 3.79. The molecule has 0 saturated carbocycles. The Hall–Kier alpha value is -3.20. The first-order valence-corrected chi connectivity index (χ1v) is 10.5. The summed E-state index contributed by atoms with van der Waals surface area (Å²) < 4.78 is 13.1. The Balaban J connectivity index is 2.16. The molecule has 0 atom stereocenters. The highest BCUT2D eigenvalue weighted by atomic mass is 35.5. The molecule has 0 saturated heterocycles. The van der Waals surface area contributed by atoms with E-state index in [0.29, 0.717) is 21.4 Å². The van der Waals surface area contributed by atoms with Gasteiger partial charge in [-0.25, -0.2) is 9.59 Å². The van der Waals surface area contributed by atoms with Gasteiger partial charge in [0.15, 0.2) is 4.77 Å². The van der Waals surface area contributed by atoms with E-state index in [4.69, 9.17) is 44.6 Å². The Morgan fingerprint density at radius 3 is 2.03 bits per heavy atom. The lowest BCUT2D eigenvalue weighted by Gasteiger charge is -2.15. The Morgan fingerprint density at radius 1 is 0.969 bits per heavy atom. The highest BCUT2D eigenvalue weighted by Crippen LogP contribution is 2.22. The van der Waals surface area contributed by atoms with Gasteiger partial charge in [-0.1, -0.05) is 23.2 Å². The SMILES string of the molecule is CCOC(=O)c1cc2c(=O)n(-c3ccc(Cl)cc3)c(=S)n(-c3ccc(Cl)cc3)c2oc1=O. The standard InChI is InChI=1S/C22H14Cl2N2O5S/c1-2-30-20(28)17-11-16-18(27)25(14-7-3-12(23)4-8-14)22(32)26(19(16)31-21(17)29)15-9-5-13(24)6-10-15/h3-11H,2H2,1H3. The maximum Gasteiger partial charge on any atom is 0.352 e. The number of esters is 1. The molecule has 0 fully saturated rings. The van der Waals surface area contributed by atoms with Crippen LogP contribution in [0.15, 0.2) is 68.6 Å². The van der Waals surface area contributed by atoms with Crippen molar-refractivity contribution in [2.75, 3.05) is 6.61 Å². The number of hydrogen-bond donors (Lipinski definition) is 0. The molecule has 0 N–H and O–H groups in total. The van der Waals surface area contributed by atoms with Crippen LogP contribution in [-0.2, 0) is 4.74 Å². The van der Waals surface area contributed by atoms with Crippen molar-refractivity contribution in [2.45, 2.75) is 6.92 Å². The predicted molar refractivity (Wildman–Crippen MR) is 124 cm³/mol. The van der Waals surface area contributed by atoms with E-state index in [0.717, 1.165) is 6.07 Å². The molecule has 4 aromatic rings. The highest BCUT2D eigenvalue weighted by molar-refractivity contribution is 7.71. The molecular formula is C22H14Cl2N2O5S. The average molecular weight is 489 g/mol. The third kappa shape index (κ3) is 3.88. The average Bonchev–Trinajstić information content (AvgIpc) is 2.76. The van der Waals surface area contributed by atoms with Gasteiger partial charge in [0.1, 0.15) is 10.9 Å². The van der Waals surface area contributed by atoms with Crippen LogP contribution in [0.5, 0.6) is 0 Å². The van der Waals surface area contributed by atoms with Crippen molar-refractivity contribution >= 4 is 52.5 Å². The molecule has 0 aliphatic rings. The van der Waals surface area contributed by atoms with Crippen LogP contribution < -0.4 is 11.2 Å². The second kappa shape index (κ2) is 8.74. The lowest BCUT2D eigenvalue weighted by atomic mass is 10.2. The van der Waals surface area contributed by atoms with Gasteiger partial charge in [0.2, 0.25) is 5.71 Å². The number of halogens is 2. The lowest BCUT2D eigenvalue weighted by molar-refractivity contribution is 0.0521. The number of hydrogen-bond acceptors (Lipinski definition) is 6. The third-order valence-corrected chi connectivity index (χ3v) is 5.48. The Morgan fingerprint density at radius 2 is 1.50 bits per heavy atom. The third-order valence-electron chi connectivity index (χ3n) is 4.61. The van der Waals surface area contributed by atoms with Crippen molar-refractivity contribution in [1.82, 2.24) is 9.13 Å². The minimum absolute atomic E-state index is 0.0360. The summed E-state index contributed by atoms with van der Waals surface area (Å²) in [5.41, 5.74) is -1.08. The van der Waals surface area contributed by atoms with Gasteiger partial charge in [-0.3, -0.25) is 13.9 Å². The quantitative estimate of drug-likeness (QED) is 0.298. The number of nitrogens with zero attached hydrogens (tertiary/aromatic N) is 2. The van der Waals surface area contributed by atoms with Gasteiger partial charge in [0.25, 0.3) is 5.56 Å². The number of aromatic nitrogens is 2. The molecule has 0 bridgehead atoms. The molecule has 0 spiro atoms. The Kier molecular flexibility index (Phi) is 6.01. The van der Waals surface area contributed by atoms with Gasteiger partial charge in [-0.05, 0) is 73.7 Å². The Labute approximate surface area is 196 Å². The molecular weight excluding hydrogens is 475 g/mol. The van der Waals surface area contributed by atoms with E-state index >= 15 is 0 Å². The molecule has 162 valence electrons. The van der Waals surface area contributed by atoms with Crippen LogP contribution in [-0.4, -0.2) is 21.7 Å². The summed E-state index contributed by atoms with van der Waals surface area (Å²) >= 11 is 17.6. The van der Waals surface area contributed by atoms with E-state index in [1.807, 2.05) is 0 Å². The zero-order chi connectivity index (χ0) is 23.0. The first kappa shape index (κ1) is 22.0. The lowest BCUT2D eigenvalue weighted by Crippen LogP contribution is -2.26. The molecule has 2 aromatic carbocycles. The molecule has 0 unspecified atom stereocenters. The van der Waals surface area contributed by atoms with Gasteiger partial charge in [0, 0.05) is 10.0 Å². The number of fused-ring (bicyclic) bond motifs is 1. The Bertz CT molecular complexity index is 1520. The maximum atomic E-state index is 13.4. The van der Waals surface area contributed by atoms with Crippen molar-refractivity contribution in [3.8, 4) is 11.4 Å². The second-order valence-electron chi connectivity index (χ2n) is 6.60. The smallest absolute Gasteiger partial charge is 0.352 e. The van der Waals surface area contributed by atoms with Gasteiger partial charge in [-0.15, -0.1) is 0 Å². The van der Waals surface area contributed by atoms with Crippen LogP contribution in [0.1, 0.15) is 17.3 Å². The zero-order valence-corrected chi connectivity index (χ0v) is 18.8. The second-order valence-corrected chi connectivity index (χ2v) is 7.84. The van der Waals surface area contributed by atoms with E-state index in [-0.39, 0.29) is 28.0 Å². The highest BCUT2D eigenvalue weighted by Gasteiger charge is 2.21. The largest absolute Gasteiger partial charge is 0.462 e. The molecule has 10 heteroatoms. The van der Waals surface area contributed by atoms with Crippen LogP contribution >= 0.6 is 35.4 Å². The molecule has 2 aromatic heterocycles. The summed E-state index contributed by atoms with van der Waals surface area (Å²) in [5.74, 6) is -0.888. The summed E-state index contributed by atoms with van der Waals surface area (Å²) in [6.45, 7) is 1.66. The normalized spacial score (nSPS) is 11.0. The molecule has 32 heavy (non-hydrogen) atoms. The number of carbonyl (C=O) groups excluding carboxylic acids is 1. The summed E-state index contributed by atoms with van der Waals surface area (Å²) in [5, 5.41) is 0.933. The summed E-state index contributed by atoms with van der Waals surface area (Å²) in [7, 11) is 0. The number of rotatable bonds is 4. The molecule has 0 aliphatic heterocycles. The fourth-order valence-electron chi connectivity index (χ4n) is 3.16. The van der Waals surface area contributed by atoms with Crippen LogP contribution in [0.4, 0.5) is 0 Å². The predicted octanol–water partition coefficient (Wildman–Crippen LogP) is 4.95. The molecule has 2 heterocycles. The monoisotopic (exact) mass is 488 g/mol. The first-order valence-electron chi connectivity index (χ1n) is 9.36. The van der Waals surface area contributed by atoms with Gasteiger partial charge in [-0.2, -0.15) is 0 Å². The summed E-state index contributed by atoms with van der Waals surface area (Å²) in [4.78, 5) is 38.2. The maximum absolute atomic E-state index is 13.4. The van der Waals surface area contributed by atoms with E-state index in [9.17, 15) is 14.4 Å². The topological polar surface area (TPSA) is 83.4 Å². The molecule has 0 aliphatic carbocycles. The van der Waals surface area contributed by atoms with Crippen molar-refractivity contribution in [1.29, 1.82) is 0 Å². The fraction of sp³-hybridized carbons (Fsp3) is 0.0909. The van der Waals surface area contributed by atoms with Gasteiger partial charge in [0.05, 0.1) is 18.0 Å². The van der Waals surface area contributed by atoms with Crippen molar-refractivity contribution in [3.05, 3.63) is 95.8 Å². The van der Waals surface area contributed by atoms with E-state index in [1.54, 1.807) is 55.5 Å². The number of carbonyl (C=O) groups is 1. The number of ether oxygens (including phenoxy) is 1. The number of benzene rings is 2. The molecule has 0 radical (unpaired) electrons. The van der Waals surface area contributed by atoms with Crippen LogP contribution in [0.2, 0.25) is 10.0 Å². The molecule has 0 amide bonds. The minimum atomic E-state index is -0.947. The van der Waals surface area contributed by atoms with Gasteiger partial charge >= 0.3 is 11.6 Å². The van der Waals surface area contributed by atoms with Crippen LogP contribution in [0.3, 0.4) is 0 Å². The van der Waals surface area contributed by atoms with Crippen molar-refractivity contribution in [2.24, 2.45) is 0 Å². The zero-order valence-electron chi connectivity index (χ0n) is 16.5. The van der Waals surface area contributed by atoms with Crippen LogP contribution in [0.25, 0.3) is 22.5 Å². The van der Waals surface area contributed by atoms with E-state index in [2.05, 4.69) is 0 Å². The van der Waals surface area contributed by atoms with Crippen molar-refractivity contribution < 1.29 is 13.9 Å². The van der Waals surface area contributed by atoms with Crippen molar-refractivity contribution in [3.63, 3.8) is 0 Å². The molecule has 4 rings (SSSR count). The van der Waals surface area contributed by atoms with Crippen LogP contribution in [0, 0.1) is 4.77 Å². The van der Waals surface area contributed by atoms with Gasteiger partial charge < -0.3 is 9.15 Å². The summed E-state index contributed by atoms with van der Waals surface area (Å²) in [6, 6.07) is 14.2. The minimum Gasteiger partial charge on any atom is -0.462 e. The summed E-state index contributed by atoms with van der Waals surface area (Å²) in [6.07, 6.45) is 0. The molecule has 7 nitrogen and oxygen atoms in total. The van der Waals surface area contributed by atoms with E-state index in [1.165, 1.54) is 9.13 Å². The first-order chi connectivity index (χ1) is 15.3.